The molecule has 2 heterocycles. The Morgan fingerprint density at radius 2 is 1.83 bits per heavy atom. The minimum Gasteiger partial charge on any atom is -0.486 e. The van der Waals surface area contributed by atoms with Gasteiger partial charge in [0.05, 0.1) is 5.92 Å². The van der Waals surface area contributed by atoms with Gasteiger partial charge in [-0.05, 0) is 36.4 Å². The minimum absolute atomic E-state index is 0.0538. The van der Waals surface area contributed by atoms with Crippen molar-refractivity contribution < 1.29 is 23.9 Å². The van der Waals surface area contributed by atoms with Crippen LogP contribution in [0.3, 0.4) is 0 Å². The highest BCUT2D eigenvalue weighted by Gasteiger charge is 2.35. The van der Waals surface area contributed by atoms with Crippen LogP contribution >= 0.6 is 11.6 Å². The van der Waals surface area contributed by atoms with Crippen molar-refractivity contribution in [1.82, 2.24) is 10.9 Å². The second-order valence-corrected chi connectivity index (χ2v) is 7.12. The molecule has 150 valence electrons. The van der Waals surface area contributed by atoms with E-state index >= 15 is 0 Å². The molecule has 3 amide bonds. The van der Waals surface area contributed by atoms with Crippen LogP contribution in [-0.4, -0.2) is 37.5 Å². The van der Waals surface area contributed by atoms with Crippen LogP contribution in [0.5, 0.6) is 11.5 Å². The average molecular weight is 416 g/mol. The van der Waals surface area contributed by atoms with E-state index in [1.165, 1.54) is 4.90 Å². The molecule has 0 bridgehead atoms. The molecule has 0 aliphatic carbocycles. The number of rotatable bonds is 3. The first-order valence-electron chi connectivity index (χ1n) is 9.07. The summed E-state index contributed by atoms with van der Waals surface area (Å²) < 4.78 is 10.9. The van der Waals surface area contributed by atoms with E-state index < -0.39 is 17.7 Å². The molecule has 0 aromatic heterocycles. The summed E-state index contributed by atoms with van der Waals surface area (Å²) in [6.07, 6.45) is 0.0538. The van der Waals surface area contributed by atoms with Gasteiger partial charge in [-0.25, -0.2) is 0 Å². The quantitative estimate of drug-likeness (QED) is 0.746. The number of carbonyl (C=O) groups is 3. The van der Waals surface area contributed by atoms with Crippen LogP contribution in [0.4, 0.5) is 5.69 Å². The summed E-state index contributed by atoms with van der Waals surface area (Å²) >= 11 is 5.98. The van der Waals surface area contributed by atoms with Crippen LogP contribution in [-0.2, 0) is 9.59 Å². The number of fused-ring (bicyclic) bond motifs is 1. The van der Waals surface area contributed by atoms with Gasteiger partial charge in [0.15, 0.2) is 11.5 Å². The number of ether oxygens (including phenoxy) is 2. The number of carbonyl (C=O) groups excluding carboxylic acids is 3. The van der Waals surface area contributed by atoms with Crippen LogP contribution in [0.25, 0.3) is 0 Å². The number of nitrogens with one attached hydrogen (secondary N) is 2. The zero-order valence-electron chi connectivity index (χ0n) is 15.3. The molecule has 2 aromatic rings. The normalized spacial score (nSPS) is 17.8. The largest absolute Gasteiger partial charge is 0.486 e. The lowest BCUT2D eigenvalue weighted by Gasteiger charge is -2.19. The summed E-state index contributed by atoms with van der Waals surface area (Å²) in [6, 6.07) is 11.7. The molecule has 8 nitrogen and oxygen atoms in total. The van der Waals surface area contributed by atoms with Crippen molar-refractivity contribution in [2.75, 3.05) is 24.7 Å². The Kier molecular flexibility index (Phi) is 5.26. The second kappa shape index (κ2) is 8.00. The zero-order chi connectivity index (χ0) is 20.4. The van der Waals surface area contributed by atoms with Crippen molar-refractivity contribution in [3.63, 3.8) is 0 Å². The molecule has 0 unspecified atom stereocenters. The molecule has 2 aromatic carbocycles. The SMILES string of the molecule is O=C(NNC(=O)[C@@H]1CC(=O)N(c2cccc(Cl)c2)C1)c1ccc2c(c1)OCCO2. The van der Waals surface area contributed by atoms with Crippen LogP contribution < -0.4 is 25.2 Å². The number of hydrogen-bond donors (Lipinski definition) is 2. The number of benzene rings is 2. The van der Waals surface area contributed by atoms with Gasteiger partial charge >= 0.3 is 0 Å². The van der Waals surface area contributed by atoms with Gasteiger partial charge in [-0.15, -0.1) is 0 Å². The van der Waals surface area contributed by atoms with E-state index in [-0.39, 0.29) is 18.9 Å². The Balaban J connectivity index is 1.35. The third-order valence-corrected chi connectivity index (χ3v) is 4.95. The molecule has 2 aliphatic heterocycles. The van der Waals surface area contributed by atoms with Crippen molar-refractivity contribution >= 4 is 35.0 Å². The standard InChI is InChI=1S/C20H18ClN3O5/c21-14-2-1-3-15(10-14)24-11-13(9-18(24)25)20(27)23-22-19(26)12-4-5-16-17(8-12)29-7-6-28-16/h1-5,8,10,13H,6-7,9,11H2,(H,22,26)(H,23,27)/t13-/m1/s1. The minimum atomic E-state index is -0.581. The maximum atomic E-state index is 12.4. The van der Waals surface area contributed by atoms with Gasteiger partial charge in [0.2, 0.25) is 11.8 Å². The van der Waals surface area contributed by atoms with Crippen LogP contribution in [0.1, 0.15) is 16.8 Å². The lowest BCUT2D eigenvalue weighted by atomic mass is 10.1. The molecule has 29 heavy (non-hydrogen) atoms. The van der Waals surface area contributed by atoms with Crippen molar-refractivity contribution in [2.24, 2.45) is 5.92 Å². The van der Waals surface area contributed by atoms with Gasteiger partial charge in [-0.2, -0.15) is 0 Å². The Hall–Kier alpha value is -3.26. The third-order valence-electron chi connectivity index (χ3n) is 4.72. The van der Waals surface area contributed by atoms with Crippen molar-refractivity contribution in [3.05, 3.63) is 53.1 Å². The molecular formula is C20H18ClN3O5. The number of hydrazine groups is 1. The first-order chi connectivity index (χ1) is 14.0. The average Bonchev–Trinajstić information content (AvgIpc) is 3.13. The van der Waals surface area contributed by atoms with E-state index in [1.54, 1.807) is 42.5 Å². The summed E-state index contributed by atoms with van der Waals surface area (Å²) in [5.74, 6) is -0.635. The number of nitrogens with zero attached hydrogens (tertiary/aromatic N) is 1. The fourth-order valence-electron chi connectivity index (χ4n) is 3.25. The van der Waals surface area contributed by atoms with Crippen molar-refractivity contribution in [2.45, 2.75) is 6.42 Å². The van der Waals surface area contributed by atoms with Gasteiger partial charge < -0.3 is 14.4 Å². The highest BCUT2D eigenvalue weighted by Crippen LogP contribution is 2.31. The molecule has 1 atom stereocenters. The highest BCUT2D eigenvalue weighted by atomic mass is 35.5. The zero-order valence-corrected chi connectivity index (χ0v) is 16.1. The molecule has 9 heteroatoms. The first kappa shape index (κ1) is 19.1. The van der Waals surface area contributed by atoms with E-state index in [2.05, 4.69) is 10.9 Å². The predicted molar refractivity (Wildman–Crippen MR) is 105 cm³/mol. The van der Waals surface area contributed by atoms with Crippen molar-refractivity contribution in [1.29, 1.82) is 0 Å². The second-order valence-electron chi connectivity index (χ2n) is 6.69. The number of amides is 3. The molecule has 2 aliphatic rings. The van der Waals surface area contributed by atoms with Gasteiger partial charge in [0.25, 0.3) is 5.91 Å². The van der Waals surface area contributed by atoms with Gasteiger partial charge in [-0.3, -0.25) is 25.2 Å². The Labute approximate surface area is 171 Å². The smallest absolute Gasteiger partial charge is 0.269 e. The summed E-state index contributed by atoms with van der Waals surface area (Å²) in [7, 11) is 0. The summed E-state index contributed by atoms with van der Waals surface area (Å²) in [6.45, 7) is 1.08. The lowest BCUT2D eigenvalue weighted by molar-refractivity contribution is -0.126. The summed E-state index contributed by atoms with van der Waals surface area (Å²) in [4.78, 5) is 38.6. The monoisotopic (exact) mass is 415 g/mol. The Bertz CT molecular complexity index is 980. The lowest BCUT2D eigenvalue weighted by Crippen LogP contribution is -2.45. The van der Waals surface area contributed by atoms with Gasteiger partial charge in [0, 0.05) is 29.2 Å². The fourth-order valence-corrected chi connectivity index (χ4v) is 3.44. The molecule has 1 saturated heterocycles. The fraction of sp³-hybridized carbons (Fsp3) is 0.250. The van der Waals surface area contributed by atoms with Gasteiger partial charge in [-0.1, -0.05) is 17.7 Å². The molecule has 2 N–H and O–H groups in total. The molecular weight excluding hydrogens is 398 g/mol. The number of halogens is 1. The van der Waals surface area contributed by atoms with Crippen molar-refractivity contribution in [3.8, 4) is 11.5 Å². The van der Waals surface area contributed by atoms with Crippen LogP contribution in [0, 0.1) is 5.92 Å². The summed E-state index contributed by atoms with van der Waals surface area (Å²) in [5.41, 5.74) is 5.72. The van der Waals surface area contributed by atoms with Crippen LogP contribution in [0.2, 0.25) is 5.02 Å². The first-order valence-corrected chi connectivity index (χ1v) is 9.45. The number of anilines is 1. The van der Waals surface area contributed by atoms with E-state index in [9.17, 15) is 14.4 Å². The third kappa shape index (κ3) is 4.12. The maximum Gasteiger partial charge on any atom is 0.269 e. The van der Waals surface area contributed by atoms with E-state index in [4.69, 9.17) is 21.1 Å². The molecule has 0 radical (unpaired) electrons. The Morgan fingerprint density at radius 1 is 1.03 bits per heavy atom. The topological polar surface area (TPSA) is 97.0 Å². The number of hydrogen-bond acceptors (Lipinski definition) is 5. The van der Waals surface area contributed by atoms with E-state index in [0.717, 1.165) is 0 Å². The highest BCUT2D eigenvalue weighted by molar-refractivity contribution is 6.31. The Morgan fingerprint density at radius 3 is 2.62 bits per heavy atom. The molecule has 1 fully saturated rings. The predicted octanol–water partition coefficient (Wildman–Crippen LogP) is 1.93. The summed E-state index contributed by atoms with van der Waals surface area (Å²) in [5, 5.41) is 0.509. The maximum absolute atomic E-state index is 12.4. The molecule has 0 spiro atoms. The van der Waals surface area contributed by atoms with Gasteiger partial charge in [0.1, 0.15) is 13.2 Å². The van der Waals surface area contributed by atoms with E-state index in [0.29, 0.717) is 41.0 Å². The molecule has 0 saturated carbocycles. The van der Waals surface area contributed by atoms with E-state index in [1.807, 2.05) is 0 Å². The van der Waals surface area contributed by atoms with Crippen LogP contribution in [0.15, 0.2) is 42.5 Å². The molecule has 4 rings (SSSR count).